The van der Waals surface area contributed by atoms with Gasteiger partial charge in [0, 0.05) is 37.6 Å². The van der Waals surface area contributed by atoms with Gasteiger partial charge in [-0.05, 0) is 24.3 Å². The summed E-state index contributed by atoms with van der Waals surface area (Å²) < 4.78 is 20.0. The summed E-state index contributed by atoms with van der Waals surface area (Å²) >= 11 is 0. The summed E-state index contributed by atoms with van der Waals surface area (Å²) in [4.78, 5) is 1.97. The zero-order valence-corrected chi connectivity index (χ0v) is 11.8. The first kappa shape index (κ1) is 13.4. The maximum absolute atomic E-state index is 12.9. The van der Waals surface area contributed by atoms with Crippen LogP contribution in [0.25, 0.3) is 11.3 Å². The van der Waals surface area contributed by atoms with Crippen LogP contribution in [0.15, 0.2) is 47.2 Å². The number of rotatable bonds is 4. The Kier molecular flexibility index (Phi) is 3.43. The molecular weight excluding hydrogens is 271 g/mol. The van der Waals surface area contributed by atoms with E-state index in [9.17, 15) is 4.39 Å². The van der Waals surface area contributed by atoms with Crippen LogP contribution in [0.2, 0.25) is 0 Å². The van der Waals surface area contributed by atoms with Crippen LogP contribution in [0.1, 0.15) is 5.76 Å². The third-order valence-corrected chi connectivity index (χ3v) is 3.22. The van der Waals surface area contributed by atoms with E-state index in [1.54, 1.807) is 23.0 Å². The second kappa shape index (κ2) is 5.40. The lowest BCUT2D eigenvalue weighted by molar-refractivity contribution is 0.385. The van der Waals surface area contributed by atoms with E-state index in [1.807, 2.05) is 31.3 Å². The van der Waals surface area contributed by atoms with Crippen molar-refractivity contribution in [2.45, 2.75) is 6.54 Å². The molecule has 6 heteroatoms. The van der Waals surface area contributed by atoms with E-state index in [2.05, 4.69) is 10.3 Å². The van der Waals surface area contributed by atoms with Gasteiger partial charge in [-0.3, -0.25) is 4.68 Å². The molecule has 1 aromatic carbocycles. The summed E-state index contributed by atoms with van der Waals surface area (Å²) in [7, 11) is 3.77. The smallest absolute Gasteiger partial charge is 0.156 e. The van der Waals surface area contributed by atoms with Crippen LogP contribution < -0.4 is 4.90 Å². The van der Waals surface area contributed by atoms with Crippen molar-refractivity contribution in [1.82, 2.24) is 14.9 Å². The third kappa shape index (κ3) is 2.94. The van der Waals surface area contributed by atoms with E-state index in [0.29, 0.717) is 6.54 Å². The summed E-state index contributed by atoms with van der Waals surface area (Å²) in [5, 5.41) is 8.15. The van der Waals surface area contributed by atoms with Crippen molar-refractivity contribution in [3.05, 3.63) is 54.3 Å². The molecule has 3 aromatic rings. The molecule has 0 aliphatic carbocycles. The number of halogens is 1. The van der Waals surface area contributed by atoms with Crippen LogP contribution in [0.5, 0.6) is 0 Å². The highest BCUT2D eigenvalue weighted by molar-refractivity contribution is 5.56. The summed E-state index contributed by atoms with van der Waals surface area (Å²) in [6.45, 7) is 0.554. The molecule has 0 saturated heterocycles. The van der Waals surface area contributed by atoms with Gasteiger partial charge in [0.1, 0.15) is 11.5 Å². The van der Waals surface area contributed by atoms with Crippen molar-refractivity contribution >= 4 is 5.69 Å². The zero-order chi connectivity index (χ0) is 14.8. The summed E-state index contributed by atoms with van der Waals surface area (Å²) in [6, 6.07) is 8.22. The predicted molar refractivity (Wildman–Crippen MR) is 77.2 cm³/mol. The molecule has 0 bridgehead atoms. The lowest BCUT2D eigenvalue weighted by atomic mass is 10.2. The van der Waals surface area contributed by atoms with Gasteiger partial charge < -0.3 is 9.42 Å². The van der Waals surface area contributed by atoms with Crippen molar-refractivity contribution < 1.29 is 8.91 Å². The Morgan fingerprint density at radius 2 is 2.05 bits per heavy atom. The maximum atomic E-state index is 12.9. The van der Waals surface area contributed by atoms with Gasteiger partial charge in [0.15, 0.2) is 5.76 Å². The lowest BCUT2D eigenvalue weighted by Gasteiger charge is -2.17. The predicted octanol–water partition coefficient (Wildman–Crippen LogP) is 2.85. The van der Waals surface area contributed by atoms with E-state index in [-0.39, 0.29) is 5.82 Å². The Bertz CT molecular complexity index is 732. The van der Waals surface area contributed by atoms with Gasteiger partial charge in [-0.25, -0.2) is 4.39 Å². The molecule has 0 spiro atoms. The number of anilines is 1. The van der Waals surface area contributed by atoms with Gasteiger partial charge in [-0.2, -0.15) is 5.10 Å². The van der Waals surface area contributed by atoms with E-state index in [4.69, 9.17) is 4.52 Å². The molecule has 2 heterocycles. The van der Waals surface area contributed by atoms with Gasteiger partial charge >= 0.3 is 0 Å². The van der Waals surface area contributed by atoms with Crippen molar-refractivity contribution in [3.8, 4) is 11.3 Å². The Balaban J connectivity index is 1.73. The molecule has 0 amide bonds. The Hall–Kier alpha value is -2.63. The molecule has 5 nitrogen and oxygen atoms in total. The van der Waals surface area contributed by atoms with Crippen LogP contribution in [0.4, 0.5) is 10.1 Å². The highest BCUT2D eigenvalue weighted by Crippen LogP contribution is 2.21. The standard InChI is InChI=1S/C15H15FN4O/c1-19(13-5-3-12(16)4-6-13)10-14-7-15(18-21-14)11-8-17-20(2)9-11/h3-9H,10H2,1-2H3. The van der Waals surface area contributed by atoms with Crippen LogP contribution in [0.3, 0.4) is 0 Å². The third-order valence-electron chi connectivity index (χ3n) is 3.22. The highest BCUT2D eigenvalue weighted by atomic mass is 19.1. The Morgan fingerprint density at radius 3 is 2.71 bits per heavy atom. The van der Waals surface area contributed by atoms with E-state index in [0.717, 1.165) is 22.7 Å². The van der Waals surface area contributed by atoms with Crippen molar-refractivity contribution in [2.24, 2.45) is 7.05 Å². The number of hydrogen-bond donors (Lipinski definition) is 0. The van der Waals surface area contributed by atoms with Crippen molar-refractivity contribution in [3.63, 3.8) is 0 Å². The number of hydrogen-bond acceptors (Lipinski definition) is 4. The first-order valence-corrected chi connectivity index (χ1v) is 6.53. The topological polar surface area (TPSA) is 47.1 Å². The van der Waals surface area contributed by atoms with E-state index >= 15 is 0 Å². The molecular formula is C15H15FN4O. The molecule has 0 fully saturated rings. The molecule has 0 atom stereocenters. The fraction of sp³-hybridized carbons (Fsp3) is 0.200. The number of nitrogens with zero attached hydrogens (tertiary/aromatic N) is 4. The van der Waals surface area contributed by atoms with Crippen LogP contribution in [0, 0.1) is 5.82 Å². The second-order valence-electron chi connectivity index (χ2n) is 4.91. The average molecular weight is 286 g/mol. The van der Waals surface area contributed by atoms with Crippen LogP contribution in [-0.4, -0.2) is 22.0 Å². The van der Waals surface area contributed by atoms with Crippen molar-refractivity contribution in [1.29, 1.82) is 0 Å². The SMILES string of the molecule is CN(Cc1cc(-c2cnn(C)c2)no1)c1ccc(F)cc1. The maximum Gasteiger partial charge on any atom is 0.156 e. The number of aromatic nitrogens is 3. The molecule has 0 N–H and O–H groups in total. The summed E-state index contributed by atoms with van der Waals surface area (Å²) in [5.74, 6) is 0.492. The number of benzene rings is 1. The first-order valence-electron chi connectivity index (χ1n) is 6.53. The van der Waals surface area contributed by atoms with Gasteiger partial charge in [-0.1, -0.05) is 5.16 Å². The van der Waals surface area contributed by atoms with Gasteiger partial charge in [0.05, 0.1) is 12.7 Å². The largest absolute Gasteiger partial charge is 0.367 e. The first-order chi connectivity index (χ1) is 10.1. The molecule has 0 aliphatic rings. The summed E-state index contributed by atoms with van der Waals surface area (Å²) in [6.07, 6.45) is 3.62. The van der Waals surface area contributed by atoms with Crippen LogP contribution >= 0.6 is 0 Å². The lowest BCUT2D eigenvalue weighted by Crippen LogP contribution is -2.15. The van der Waals surface area contributed by atoms with Gasteiger partial charge in [0.2, 0.25) is 0 Å². The molecule has 0 radical (unpaired) electrons. The normalized spacial score (nSPS) is 10.8. The molecule has 0 unspecified atom stereocenters. The van der Waals surface area contributed by atoms with Gasteiger partial charge in [-0.15, -0.1) is 0 Å². The minimum absolute atomic E-state index is 0.245. The quantitative estimate of drug-likeness (QED) is 0.740. The van der Waals surface area contributed by atoms with Crippen molar-refractivity contribution in [2.75, 3.05) is 11.9 Å². The fourth-order valence-corrected chi connectivity index (χ4v) is 2.10. The monoisotopic (exact) mass is 286 g/mol. The summed E-state index contributed by atoms with van der Waals surface area (Å²) in [5.41, 5.74) is 2.58. The van der Waals surface area contributed by atoms with E-state index < -0.39 is 0 Å². The number of aryl methyl sites for hydroxylation is 1. The fourth-order valence-electron chi connectivity index (χ4n) is 2.10. The minimum Gasteiger partial charge on any atom is -0.367 e. The Labute approximate surface area is 121 Å². The molecule has 0 aliphatic heterocycles. The average Bonchev–Trinajstić information content (AvgIpc) is 3.08. The minimum atomic E-state index is -0.245. The highest BCUT2D eigenvalue weighted by Gasteiger charge is 2.10. The van der Waals surface area contributed by atoms with E-state index in [1.165, 1.54) is 12.1 Å². The molecule has 2 aromatic heterocycles. The zero-order valence-electron chi connectivity index (χ0n) is 11.8. The molecule has 3 rings (SSSR count). The van der Waals surface area contributed by atoms with Gasteiger partial charge in [0.25, 0.3) is 0 Å². The molecule has 108 valence electrons. The molecule has 21 heavy (non-hydrogen) atoms. The van der Waals surface area contributed by atoms with Crippen LogP contribution in [-0.2, 0) is 13.6 Å². The molecule has 0 saturated carbocycles. The Morgan fingerprint density at radius 1 is 1.29 bits per heavy atom. The second-order valence-corrected chi connectivity index (χ2v) is 4.91.